The maximum atomic E-state index is 12.4. The van der Waals surface area contributed by atoms with Gasteiger partial charge in [0.25, 0.3) is 5.91 Å². The molecule has 18 heavy (non-hydrogen) atoms. The second-order valence-corrected chi connectivity index (χ2v) is 5.67. The minimum atomic E-state index is 0.139. The van der Waals surface area contributed by atoms with E-state index in [1.807, 2.05) is 24.0 Å². The summed E-state index contributed by atoms with van der Waals surface area (Å²) in [7, 11) is 0. The van der Waals surface area contributed by atoms with E-state index in [-0.39, 0.29) is 5.91 Å². The molecule has 0 spiro atoms. The fourth-order valence-electron chi connectivity index (χ4n) is 2.52. The lowest BCUT2D eigenvalue weighted by molar-refractivity contribution is 0.0670. The summed E-state index contributed by atoms with van der Waals surface area (Å²) in [5.41, 5.74) is 1.57. The van der Waals surface area contributed by atoms with Gasteiger partial charge in [0.05, 0.1) is 5.56 Å². The van der Waals surface area contributed by atoms with Crippen molar-refractivity contribution >= 4 is 21.8 Å². The molecule has 0 aromatic carbocycles. The molecule has 1 amide bonds. The van der Waals surface area contributed by atoms with E-state index in [1.165, 1.54) is 6.42 Å². The SMILES string of the molecule is Cc1ncccc1C(=O)N1CCCC(CCBr)C1. The van der Waals surface area contributed by atoms with Gasteiger partial charge in [0.1, 0.15) is 0 Å². The van der Waals surface area contributed by atoms with E-state index in [9.17, 15) is 4.79 Å². The van der Waals surface area contributed by atoms with Crippen LogP contribution >= 0.6 is 15.9 Å². The fraction of sp³-hybridized carbons (Fsp3) is 0.571. The van der Waals surface area contributed by atoms with Gasteiger partial charge in [0, 0.05) is 30.3 Å². The highest BCUT2D eigenvalue weighted by Gasteiger charge is 2.24. The zero-order chi connectivity index (χ0) is 13.0. The summed E-state index contributed by atoms with van der Waals surface area (Å²) in [6.45, 7) is 3.66. The average molecular weight is 311 g/mol. The summed E-state index contributed by atoms with van der Waals surface area (Å²) in [6, 6.07) is 3.71. The van der Waals surface area contributed by atoms with Crippen LogP contribution in [-0.2, 0) is 0 Å². The maximum Gasteiger partial charge on any atom is 0.255 e. The molecular weight excluding hydrogens is 292 g/mol. The van der Waals surface area contributed by atoms with Crippen molar-refractivity contribution < 1.29 is 4.79 Å². The molecule has 1 aliphatic heterocycles. The van der Waals surface area contributed by atoms with Crippen molar-refractivity contribution in [2.24, 2.45) is 5.92 Å². The van der Waals surface area contributed by atoms with E-state index >= 15 is 0 Å². The van der Waals surface area contributed by atoms with E-state index in [0.717, 1.165) is 42.5 Å². The Morgan fingerprint density at radius 1 is 1.61 bits per heavy atom. The minimum Gasteiger partial charge on any atom is -0.338 e. The predicted molar refractivity (Wildman–Crippen MR) is 76.0 cm³/mol. The normalized spacial score (nSPS) is 19.9. The second kappa shape index (κ2) is 6.32. The van der Waals surface area contributed by atoms with Crippen LogP contribution < -0.4 is 0 Å². The fourth-order valence-corrected chi connectivity index (χ4v) is 3.17. The molecule has 4 heteroatoms. The molecule has 0 aliphatic carbocycles. The summed E-state index contributed by atoms with van der Waals surface area (Å²) in [5, 5.41) is 1.02. The number of hydrogen-bond acceptors (Lipinski definition) is 2. The van der Waals surface area contributed by atoms with Crippen LogP contribution in [0.4, 0.5) is 0 Å². The van der Waals surface area contributed by atoms with Crippen molar-refractivity contribution in [1.82, 2.24) is 9.88 Å². The van der Waals surface area contributed by atoms with Crippen molar-refractivity contribution in [1.29, 1.82) is 0 Å². The maximum absolute atomic E-state index is 12.4. The average Bonchev–Trinajstić information content (AvgIpc) is 2.39. The van der Waals surface area contributed by atoms with E-state index in [1.54, 1.807) is 6.20 Å². The number of carbonyl (C=O) groups is 1. The van der Waals surface area contributed by atoms with Gasteiger partial charge in [0.15, 0.2) is 0 Å². The van der Waals surface area contributed by atoms with Gasteiger partial charge < -0.3 is 4.90 Å². The third-order valence-electron chi connectivity index (χ3n) is 3.56. The van der Waals surface area contributed by atoms with Crippen LogP contribution in [0.3, 0.4) is 0 Å². The van der Waals surface area contributed by atoms with E-state index in [0.29, 0.717) is 5.92 Å². The Balaban J connectivity index is 2.07. The van der Waals surface area contributed by atoms with Crippen LogP contribution in [0.1, 0.15) is 35.3 Å². The number of amides is 1. The third kappa shape index (κ3) is 3.10. The Morgan fingerprint density at radius 2 is 2.44 bits per heavy atom. The van der Waals surface area contributed by atoms with E-state index in [2.05, 4.69) is 20.9 Å². The molecular formula is C14H19BrN2O. The quantitative estimate of drug-likeness (QED) is 0.804. The van der Waals surface area contributed by atoms with Gasteiger partial charge in [-0.15, -0.1) is 0 Å². The highest BCUT2D eigenvalue weighted by atomic mass is 79.9. The summed E-state index contributed by atoms with van der Waals surface area (Å²) >= 11 is 3.48. The molecule has 3 nitrogen and oxygen atoms in total. The van der Waals surface area contributed by atoms with Crippen LogP contribution in [0.2, 0.25) is 0 Å². The van der Waals surface area contributed by atoms with Crippen molar-refractivity contribution in [3.05, 3.63) is 29.6 Å². The number of pyridine rings is 1. The highest BCUT2D eigenvalue weighted by molar-refractivity contribution is 9.09. The van der Waals surface area contributed by atoms with Crippen molar-refractivity contribution in [2.45, 2.75) is 26.2 Å². The van der Waals surface area contributed by atoms with E-state index in [4.69, 9.17) is 0 Å². The van der Waals surface area contributed by atoms with Crippen LogP contribution in [0, 0.1) is 12.8 Å². The third-order valence-corrected chi connectivity index (χ3v) is 4.02. The summed E-state index contributed by atoms with van der Waals surface area (Å²) in [4.78, 5) is 18.6. The Hall–Kier alpha value is -0.900. The molecule has 1 saturated heterocycles. The number of aromatic nitrogens is 1. The topological polar surface area (TPSA) is 33.2 Å². The van der Waals surface area contributed by atoms with Gasteiger partial charge in [-0.3, -0.25) is 9.78 Å². The Labute approximate surface area is 117 Å². The number of hydrogen-bond donors (Lipinski definition) is 0. The molecule has 1 aromatic rings. The van der Waals surface area contributed by atoms with Crippen molar-refractivity contribution in [3.8, 4) is 0 Å². The number of carbonyl (C=O) groups excluding carboxylic acids is 1. The molecule has 0 bridgehead atoms. The van der Waals surface area contributed by atoms with Gasteiger partial charge >= 0.3 is 0 Å². The van der Waals surface area contributed by atoms with Crippen LogP contribution in [0.15, 0.2) is 18.3 Å². The first-order valence-corrected chi connectivity index (χ1v) is 7.61. The number of piperidine rings is 1. The predicted octanol–water partition coefficient (Wildman–Crippen LogP) is 3.03. The number of halogens is 1. The van der Waals surface area contributed by atoms with Crippen LogP contribution in [-0.4, -0.2) is 34.2 Å². The monoisotopic (exact) mass is 310 g/mol. The molecule has 1 aromatic heterocycles. The molecule has 1 atom stereocenters. The standard InChI is InChI=1S/C14H19BrN2O/c1-11-13(5-2-8-16-11)14(18)17-9-3-4-12(10-17)6-7-15/h2,5,8,12H,3-4,6-7,9-10H2,1H3. The Bertz CT molecular complexity index is 420. The van der Waals surface area contributed by atoms with Gasteiger partial charge in [-0.05, 0) is 44.2 Å². The van der Waals surface area contributed by atoms with Gasteiger partial charge in [-0.1, -0.05) is 15.9 Å². The zero-order valence-corrected chi connectivity index (χ0v) is 12.3. The van der Waals surface area contributed by atoms with Crippen LogP contribution in [0.25, 0.3) is 0 Å². The molecule has 2 rings (SSSR count). The summed E-state index contributed by atoms with van der Waals surface area (Å²) in [6.07, 6.45) is 5.23. The number of aryl methyl sites for hydroxylation is 1. The number of likely N-dealkylation sites (tertiary alicyclic amines) is 1. The van der Waals surface area contributed by atoms with Gasteiger partial charge in [-0.2, -0.15) is 0 Å². The van der Waals surface area contributed by atoms with Gasteiger partial charge in [-0.25, -0.2) is 0 Å². The van der Waals surface area contributed by atoms with Crippen LogP contribution in [0.5, 0.6) is 0 Å². The molecule has 1 fully saturated rings. The molecule has 0 radical (unpaired) electrons. The lowest BCUT2D eigenvalue weighted by atomic mass is 9.95. The largest absolute Gasteiger partial charge is 0.338 e. The highest BCUT2D eigenvalue weighted by Crippen LogP contribution is 2.22. The first-order chi connectivity index (χ1) is 8.72. The molecule has 1 aliphatic rings. The number of nitrogens with zero attached hydrogens (tertiary/aromatic N) is 2. The smallest absolute Gasteiger partial charge is 0.255 e. The van der Waals surface area contributed by atoms with E-state index < -0.39 is 0 Å². The molecule has 98 valence electrons. The molecule has 0 saturated carbocycles. The molecule has 0 N–H and O–H groups in total. The molecule has 2 heterocycles. The lowest BCUT2D eigenvalue weighted by Crippen LogP contribution is -2.40. The minimum absolute atomic E-state index is 0.139. The first kappa shape index (κ1) is 13.5. The number of alkyl halides is 1. The summed E-state index contributed by atoms with van der Waals surface area (Å²) < 4.78 is 0. The van der Waals surface area contributed by atoms with Crippen molar-refractivity contribution in [2.75, 3.05) is 18.4 Å². The van der Waals surface area contributed by atoms with Gasteiger partial charge in [0.2, 0.25) is 0 Å². The second-order valence-electron chi connectivity index (χ2n) is 4.87. The lowest BCUT2D eigenvalue weighted by Gasteiger charge is -2.32. The summed E-state index contributed by atoms with van der Waals surface area (Å²) in [5.74, 6) is 0.777. The van der Waals surface area contributed by atoms with Crippen molar-refractivity contribution in [3.63, 3.8) is 0 Å². The first-order valence-electron chi connectivity index (χ1n) is 6.49. The Kier molecular flexibility index (Phi) is 4.75. The Morgan fingerprint density at radius 3 is 3.17 bits per heavy atom. The molecule has 1 unspecified atom stereocenters. The number of rotatable bonds is 3. The zero-order valence-electron chi connectivity index (χ0n) is 10.7.